The topological polar surface area (TPSA) is 75.9 Å². The number of hydrogen-bond acceptors (Lipinski definition) is 4. The number of carbonyl (C=O) groups excluding carboxylic acids is 2. The zero-order valence-corrected chi connectivity index (χ0v) is 17.5. The number of imidazole rings is 1. The Morgan fingerprint density at radius 1 is 1.13 bits per heavy atom. The lowest BCUT2D eigenvalue weighted by Crippen LogP contribution is -2.45. The maximum atomic E-state index is 13.1. The predicted molar refractivity (Wildman–Crippen MR) is 115 cm³/mol. The summed E-state index contributed by atoms with van der Waals surface area (Å²) in [6.07, 6.45) is 4.80. The van der Waals surface area contributed by atoms with Gasteiger partial charge in [0.1, 0.15) is 17.3 Å². The molecule has 1 N–H and O–H groups in total. The van der Waals surface area contributed by atoms with E-state index >= 15 is 0 Å². The molecule has 4 rings (SSSR count). The number of anilines is 1. The molecule has 7 heteroatoms. The van der Waals surface area contributed by atoms with Crippen LogP contribution in [0, 0.1) is 0 Å². The number of rotatable bonds is 3. The molecule has 2 aromatic heterocycles. The summed E-state index contributed by atoms with van der Waals surface area (Å²) in [6, 6.07) is 12.8. The molecule has 1 aliphatic heterocycles. The molecule has 0 radical (unpaired) electrons. The molecule has 1 saturated heterocycles. The van der Waals surface area contributed by atoms with Crippen molar-refractivity contribution < 1.29 is 14.3 Å². The fraction of sp³-hybridized carbons (Fsp3) is 0.348. The van der Waals surface area contributed by atoms with Crippen LogP contribution in [0.3, 0.4) is 0 Å². The number of aromatic nitrogens is 2. The van der Waals surface area contributed by atoms with E-state index in [1.807, 2.05) is 80.0 Å². The molecule has 7 nitrogen and oxygen atoms in total. The first-order valence-electron chi connectivity index (χ1n) is 10.2. The number of pyridine rings is 1. The van der Waals surface area contributed by atoms with Gasteiger partial charge in [0, 0.05) is 24.5 Å². The molecule has 0 spiro atoms. The third kappa shape index (κ3) is 4.15. The largest absolute Gasteiger partial charge is 0.444 e. The molecule has 1 fully saturated rings. The van der Waals surface area contributed by atoms with Crippen molar-refractivity contribution in [3.63, 3.8) is 0 Å². The molecule has 30 heavy (non-hydrogen) atoms. The summed E-state index contributed by atoms with van der Waals surface area (Å²) in [5.41, 5.74) is 2.50. The van der Waals surface area contributed by atoms with Gasteiger partial charge in [-0.3, -0.25) is 9.69 Å². The van der Waals surface area contributed by atoms with Crippen LogP contribution in [0.2, 0.25) is 0 Å². The third-order valence-corrected chi connectivity index (χ3v) is 5.01. The highest BCUT2D eigenvalue weighted by molar-refractivity contribution is 5.99. The number of ether oxygens (including phenoxy) is 1. The predicted octanol–water partition coefficient (Wildman–Crippen LogP) is 4.34. The minimum Gasteiger partial charge on any atom is -0.444 e. The third-order valence-electron chi connectivity index (χ3n) is 5.01. The molecule has 0 unspecified atom stereocenters. The first-order valence-corrected chi connectivity index (χ1v) is 10.2. The Labute approximate surface area is 175 Å². The van der Waals surface area contributed by atoms with Crippen LogP contribution >= 0.6 is 0 Å². The Kier molecular flexibility index (Phi) is 5.20. The van der Waals surface area contributed by atoms with Crippen LogP contribution in [0.25, 0.3) is 16.9 Å². The van der Waals surface area contributed by atoms with Crippen molar-refractivity contribution in [1.82, 2.24) is 14.3 Å². The van der Waals surface area contributed by atoms with Crippen LogP contribution in [0.4, 0.5) is 10.5 Å². The van der Waals surface area contributed by atoms with Crippen molar-refractivity contribution in [2.24, 2.45) is 0 Å². The monoisotopic (exact) mass is 406 g/mol. The average molecular weight is 406 g/mol. The van der Waals surface area contributed by atoms with Gasteiger partial charge in [-0.25, -0.2) is 9.78 Å². The number of benzene rings is 1. The Balaban J connectivity index is 1.56. The summed E-state index contributed by atoms with van der Waals surface area (Å²) >= 11 is 0. The SMILES string of the molecule is CC(C)(C)OC(=O)N1CCC[C@@H]1C(=O)Nc1ccccc1-c1cn2ccccc2n1. The zero-order chi connectivity index (χ0) is 21.3. The molecule has 3 aromatic rings. The average Bonchev–Trinajstić information content (AvgIpc) is 3.34. The van der Waals surface area contributed by atoms with E-state index in [0.29, 0.717) is 18.7 Å². The van der Waals surface area contributed by atoms with Crippen LogP contribution in [0.15, 0.2) is 54.9 Å². The Hall–Kier alpha value is -3.35. The summed E-state index contributed by atoms with van der Waals surface area (Å²) < 4.78 is 7.41. The van der Waals surface area contributed by atoms with Crippen molar-refractivity contribution >= 4 is 23.3 Å². The number of nitrogens with one attached hydrogen (secondary N) is 1. The highest BCUT2D eigenvalue weighted by atomic mass is 16.6. The van der Waals surface area contributed by atoms with Gasteiger partial charge in [-0.15, -0.1) is 0 Å². The van der Waals surface area contributed by atoms with E-state index in [9.17, 15) is 9.59 Å². The highest BCUT2D eigenvalue weighted by Gasteiger charge is 2.36. The van der Waals surface area contributed by atoms with Crippen LogP contribution in [0.5, 0.6) is 0 Å². The molecule has 0 aliphatic carbocycles. The zero-order valence-electron chi connectivity index (χ0n) is 17.5. The highest BCUT2D eigenvalue weighted by Crippen LogP contribution is 2.29. The first kappa shape index (κ1) is 19.9. The molecule has 1 atom stereocenters. The number of carbonyl (C=O) groups is 2. The minimum absolute atomic E-state index is 0.213. The fourth-order valence-electron chi connectivity index (χ4n) is 3.67. The van der Waals surface area contributed by atoms with Gasteiger partial charge in [0.2, 0.25) is 5.91 Å². The second kappa shape index (κ2) is 7.82. The van der Waals surface area contributed by atoms with Crippen molar-refractivity contribution in [3.8, 4) is 11.3 Å². The summed E-state index contributed by atoms with van der Waals surface area (Å²) in [5.74, 6) is -0.213. The van der Waals surface area contributed by atoms with E-state index in [-0.39, 0.29) is 5.91 Å². The quantitative estimate of drug-likeness (QED) is 0.702. The summed E-state index contributed by atoms with van der Waals surface area (Å²) in [4.78, 5) is 31.8. The number of amides is 2. The van der Waals surface area contributed by atoms with Crippen molar-refractivity contribution in [2.45, 2.75) is 45.3 Å². The summed E-state index contributed by atoms with van der Waals surface area (Å²) in [5, 5.41) is 3.01. The Morgan fingerprint density at radius 3 is 2.67 bits per heavy atom. The van der Waals surface area contributed by atoms with Crippen molar-refractivity contribution in [2.75, 3.05) is 11.9 Å². The fourth-order valence-corrected chi connectivity index (χ4v) is 3.67. The van der Waals surface area contributed by atoms with Gasteiger partial charge in [-0.2, -0.15) is 0 Å². The van der Waals surface area contributed by atoms with E-state index in [1.165, 1.54) is 4.90 Å². The van der Waals surface area contributed by atoms with E-state index in [2.05, 4.69) is 10.3 Å². The number of likely N-dealkylation sites (tertiary alicyclic amines) is 1. The van der Waals surface area contributed by atoms with Crippen LogP contribution in [0.1, 0.15) is 33.6 Å². The molecule has 1 aliphatic rings. The lowest BCUT2D eigenvalue weighted by Gasteiger charge is -2.28. The lowest BCUT2D eigenvalue weighted by molar-refractivity contribution is -0.120. The maximum Gasteiger partial charge on any atom is 0.410 e. The van der Waals surface area contributed by atoms with Crippen molar-refractivity contribution in [3.05, 3.63) is 54.9 Å². The van der Waals surface area contributed by atoms with Gasteiger partial charge in [0.25, 0.3) is 0 Å². The Bertz CT molecular complexity index is 1050. The molecular weight excluding hydrogens is 380 g/mol. The van der Waals surface area contributed by atoms with Crippen molar-refractivity contribution in [1.29, 1.82) is 0 Å². The van der Waals surface area contributed by atoms with E-state index in [0.717, 1.165) is 23.3 Å². The Morgan fingerprint density at radius 2 is 1.90 bits per heavy atom. The van der Waals surface area contributed by atoms with E-state index < -0.39 is 17.7 Å². The normalized spacial score (nSPS) is 16.6. The standard InChI is InChI=1S/C23H26N4O3/c1-23(2,3)30-22(29)27-14-8-11-19(27)21(28)25-17-10-5-4-9-16(17)18-15-26-13-7-6-12-20(26)24-18/h4-7,9-10,12-13,15,19H,8,11,14H2,1-3H3,(H,25,28)/t19-/m1/s1. The summed E-state index contributed by atoms with van der Waals surface area (Å²) in [7, 11) is 0. The van der Waals surface area contributed by atoms with Gasteiger partial charge >= 0.3 is 6.09 Å². The van der Waals surface area contributed by atoms with E-state index in [4.69, 9.17) is 4.74 Å². The van der Waals surface area contributed by atoms with Gasteiger partial charge in [0.05, 0.1) is 11.4 Å². The number of hydrogen-bond donors (Lipinski definition) is 1. The molecular formula is C23H26N4O3. The smallest absolute Gasteiger partial charge is 0.410 e. The number of fused-ring (bicyclic) bond motifs is 1. The molecule has 2 amide bonds. The van der Waals surface area contributed by atoms with Crippen LogP contribution in [-0.4, -0.2) is 44.5 Å². The van der Waals surface area contributed by atoms with Gasteiger partial charge in [-0.05, 0) is 51.8 Å². The summed E-state index contributed by atoms with van der Waals surface area (Å²) in [6.45, 7) is 5.98. The number of nitrogens with zero attached hydrogens (tertiary/aromatic N) is 3. The molecule has 0 saturated carbocycles. The number of para-hydroxylation sites is 1. The molecule has 3 heterocycles. The van der Waals surface area contributed by atoms with Gasteiger partial charge in [-0.1, -0.05) is 24.3 Å². The van der Waals surface area contributed by atoms with Gasteiger partial charge in [0.15, 0.2) is 0 Å². The maximum absolute atomic E-state index is 13.1. The van der Waals surface area contributed by atoms with E-state index in [1.54, 1.807) is 0 Å². The minimum atomic E-state index is -0.601. The van der Waals surface area contributed by atoms with Crippen LogP contribution in [-0.2, 0) is 9.53 Å². The molecule has 0 bridgehead atoms. The molecule has 1 aromatic carbocycles. The van der Waals surface area contributed by atoms with Crippen LogP contribution < -0.4 is 5.32 Å². The van der Waals surface area contributed by atoms with Gasteiger partial charge < -0.3 is 14.5 Å². The second-order valence-electron chi connectivity index (χ2n) is 8.46. The molecule has 156 valence electrons. The first-order chi connectivity index (χ1) is 14.3. The lowest BCUT2D eigenvalue weighted by atomic mass is 10.1. The second-order valence-corrected chi connectivity index (χ2v) is 8.46.